The van der Waals surface area contributed by atoms with E-state index in [1.165, 1.54) is 27.0 Å². The van der Waals surface area contributed by atoms with Gasteiger partial charge in [-0.1, -0.05) is 37.0 Å². The van der Waals surface area contributed by atoms with Gasteiger partial charge in [0, 0.05) is 20.0 Å². The normalized spacial score (nSPS) is 12.1. The van der Waals surface area contributed by atoms with Crippen LogP contribution in [0.5, 0.6) is 0 Å². The second-order valence-corrected chi connectivity index (χ2v) is 12.6. The molecule has 164 valence electrons. The number of thiophene rings is 2. The molecule has 0 N–H and O–H groups in total. The second-order valence-electron chi connectivity index (χ2n) is 7.89. The number of benzene rings is 2. The van der Waals surface area contributed by atoms with Gasteiger partial charge in [0.25, 0.3) is 0 Å². The first-order chi connectivity index (χ1) is 15.0. The smallest absolute Gasteiger partial charge is 0.236 e. The van der Waals surface area contributed by atoms with Crippen molar-refractivity contribution in [1.82, 2.24) is 0 Å². The molecule has 0 aliphatic heterocycles. The third-order valence-corrected chi connectivity index (χ3v) is 9.03. The Kier molecular flexibility index (Phi) is 6.03. The molecule has 0 atom stereocenters. The maximum absolute atomic E-state index is 12.9. The maximum Gasteiger partial charge on any atom is 0.236 e. The predicted molar refractivity (Wildman–Crippen MR) is 136 cm³/mol. The molecule has 2 heterocycles. The van der Waals surface area contributed by atoms with E-state index in [2.05, 4.69) is 6.07 Å². The van der Waals surface area contributed by atoms with Gasteiger partial charge in [0.15, 0.2) is 0 Å². The molecule has 0 aliphatic carbocycles. The topological polar surface area (TPSA) is 61.2 Å². The average Bonchev–Trinajstić information content (AvgIpc) is 3.36. The highest BCUT2D eigenvalue weighted by molar-refractivity contribution is 7.92. The molecular weight excluding hydrogens is 503 g/mol. The Bertz CT molecular complexity index is 1480. The molecule has 0 unspecified atom stereocenters. The molecule has 2 aromatic heterocycles. The van der Waals surface area contributed by atoms with Crippen LogP contribution in [-0.2, 0) is 15.4 Å². The van der Waals surface area contributed by atoms with E-state index in [0.717, 1.165) is 26.8 Å². The van der Waals surface area contributed by atoms with Gasteiger partial charge in [0.05, 0.1) is 22.7 Å². The third kappa shape index (κ3) is 4.26. The Morgan fingerprint density at radius 1 is 1.06 bits per heavy atom. The summed E-state index contributed by atoms with van der Waals surface area (Å²) < 4.78 is 28.1. The summed E-state index contributed by atoms with van der Waals surface area (Å²) in [5, 5.41) is 12.8. The number of halogens is 2. The minimum Gasteiger partial charge on any atom is -0.237 e. The molecule has 0 saturated carbocycles. The van der Waals surface area contributed by atoms with E-state index in [4.69, 9.17) is 23.2 Å². The lowest BCUT2D eigenvalue weighted by atomic mass is 9.83. The molecule has 0 aliphatic rings. The highest BCUT2D eigenvalue weighted by atomic mass is 35.5. The second kappa shape index (κ2) is 8.36. The molecule has 2 aromatic carbocycles. The van der Waals surface area contributed by atoms with Crippen molar-refractivity contribution in [3.8, 4) is 6.07 Å². The molecule has 9 heteroatoms. The van der Waals surface area contributed by atoms with Crippen LogP contribution < -0.4 is 4.31 Å². The van der Waals surface area contributed by atoms with Crippen LogP contribution in [0.1, 0.15) is 29.2 Å². The summed E-state index contributed by atoms with van der Waals surface area (Å²) in [7, 11) is -3.74. The van der Waals surface area contributed by atoms with Crippen LogP contribution in [0.2, 0.25) is 10.0 Å². The number of hydrogen-bond donors (Lipinski definition) is 0. The minimum absolute atomic E-state index is 0.336. The van der Waals surface area contributed by atoms with Crippen molar-refractivity contribution in [2.24, 2.45) is 0 Å². The van der Waals surface area contributed by atoms with E-state index < -0.39 is 15.4 Å². The molecule has 4 aromatic rings. The van der Waals surface area contributed by atoms with E-state index in [9.17, 15) is 13.7 Å². The maximum atomic E-state index is 12.9. The van der Waals surface area contributed by atoms with E-state index in [1.807, 2.05) is 43.5 Å². The molecule has 0 bridgehead atoms. The Balaban J connectivity index is 1.91. The number of nitriles is 1. The molecule has 32 heavy (non-hydrogen) atoms. The van der Waals surface area contributed by atoms with Crippen molar-refractivity contribution in [2.45, 2.75) is 19.3 Å². The van der Waals surface area contributed by atoms with Crippen LogP contribution in [0.4, 0.5) is 11.4 Å². The van der Waals surface area contributed by atoms with Crippen molar-refractivity contribution in [3.63, 3.8) is 0 Å². The quantitative estimate of drug-likeness (QED) is 0.272. The van der Waals surface area contributed by atoms with Crippen LogP contribution in [0.3, 0.4) is 0 Å². The monoisotopic (exact) mass is 520 g/mol. The summed E-state index contributed by atoms with van der Waals surface area (Å²) >= 11 is 16.0. The molecule has 0 amide bonds. The van der Waals surface area contributed by atoms with Crippen molar-refractivity contribution >= 4 is 77.4 Å². The number of hydrogen-bond acceptors (Lipinski definition) is 5. The third-order valence-electron chi connectivity index (χ3n) is 5.24. The first kappa shape index (κ1) is 23.1. The first-order valence-corrected chi connectivity index (χ1v) is 13.8. The highest BCUT2D eigenvalue weighted by Crippen LogP contribution is 2.43. The molecule has 0 radical (unpaired) electrons. The summed E-state index contributed by atoms with van der Waals surface area (Å²) in [6, 6.07) is 16.6. The number of nitrogens with zero attached hydrogens (tertiary/aromatic N) is 2. The fraction of sp³-hybridized carbons (Fsp3) is 0.174. The van der Waals surface area contributed by atoms with Gasteiger partial charge in [-0.3, -0.25) is 0 Å². The summed E-state index contributed by atoms with van der Waals surface area (Å²) in [6.07, 6.45) is 1.14. The van der Waals surface area contributed by atoms with Gasteiger partial charge in [-0.25, -0.2) is 12.7 Å². The van der Waals surface area contributed by atoms with Crippen molar-refractivity contribution < 1.29 is 8.42 Å². The van der Waals surface area contributed by atoms with Crippen LogP contribution in [-0.4, -0.2) is 14.7 Å². The molecular formula is C23H18Cl2N2O2S3. The number of rotatable bonds is 5. The van der Waals surface area contributed by atoms with Crippen molar-refractivity contribution in [2.75, 3.05) is 10.6 Å². The Labute approximate surface area is 205 Å². The molecule has 0 saturated heterocycles. The lowest BCUT2D eigenvalue weighted by molar-refractivity contribution is 0.602. The van der Waals surface area contributed by atoms with Crippen LogP contribution in [0.15, 0.2) is 53.9 Å². The lowest BCUT2D eigenvalue weighted by Crippen LogP contribution is -2.26. The lowest BCUT2D eigenvalue weighted by Gasteiger charge is -2.28. The first-order valence-electron chi connectivity index (χ1n) is 9.49. The predicted octanol–water partition coefficient (Wildman–Crippen LogP) is 7.56. The van der Waals surface area contributed by atoms with Crippen molar-refractivity contribution in [1.29, 1.82) is 5.26 Å². The van der Waals surface area contributed by atoms with Gasteiger partial charge < -0.3 is 0 Å². The average molecular weight is 522 g/mol. The molecule has 4 rings (SSSR count). The van der Waals surface area contributed by atoms with Gasteiger partial charge in [0.1, 0.15) is 10.9 Å². The van der Waals surface area contributed by atoms with Crippen LogP contribution in [0.25, 0.3) is 10.1 Å². The van der Waals surface area contributed by atoms with E-state index in [1.54, 1.807) is 24.3 Å². The zero-order valence-electron chi connectivity index (χ0n) is 17.4. The van der Waals surface area contributed by atoms with E-state index in [0.29, 0.717) is 26.3 Å². The van der Waals surface area contributed by atoms with E-state index >= 15 is 0 Å². The zero-order valence-corrected chi connectivity index (χ0v) is 21.3. The summed E-state index contributed by atoms with van der Waals surface area (Å²) in [5.41, 5.74) is 1.10. The number of fused-ring (bicyclic) bond motifs is 1. The molecule has 0 fully saturated rings. The van der Waals surface area contributed by atoms with Gasteiger partial charge in [-0.2, -0.15) is 5.26 Å². The van der Waals surface area contributed by atoms with Gasteiger partial charge in [0.2, 0.25) is 10.0 Å². The molecule has 0 spiro atoms. The Hall–Kier alpha value is -2.08. The zero-order chi connectivity index (χ0) is 23.3. The summed E-state index contributed by atoms with van der Waals surface area (Å²) in [4.78, 5) is 1.59. The SMILES string of the molecule is CC(C)(c1cc(Cl)cc(N(c2cc3ccsc3cc2Cl)S(C)(=O)=O)c1)c1ccc(C#N)s1. The minimum atomic E-state index is -3.74. The van der Waals surface area contributed by atoms with Crippen molar-refractivity contribution in [3.05, 3.63) is 79.3 Å². The largest absolute Gasteiger partial charge is 0.237 e. The van der Waals surface area contributed by atoms with Gasteiger partial charge >= 0.3 is 0 Å². The fourth-order valence-electron chi connectivity index (χ4n) is 3.57. The van der Waals surface area contributed by atoms with Crippen LogP contribution in [0, 0.1) is 11.3 Å². The summed E-state index contributed by atoms with van der Waals surface area (Å²) in [6.45, 7) is 4.04. The van der Waals surface area contributed by atoms with E-state index in [-0.39, 0.29) is 0 Å². The number of sulfonamides is 1. The fourth-order valence-corrected chi connectivity index (χ4v) is 6.89. The summed E-state index contributed by atoms with van der Waals surface area (Å²) in [5.74, 6) is 0. The van der Waals surface area contributed by atoms with Gasteiger partial charge in [-0.05, 0) is 64.9 Å². The highest BCUT2D eigenvalue weighted by Gasteiger charge is 2.29. The Morgan fingerprint density at radius 2 is 1.81 bits per heavy atom. The Morgan fingerprint density at radius 3 is 2.47 bits per heavy atom. The standard InChI is InChI=1S/C23H18Cl2N2O2S3/c1-23(2,22-5-4-18(13-26)31-22)15-9-16(24)11-17(10-15)27(32(3,28)29)20-8-14-6-7-30-21(14)12-19(20)25/h4-12H,1-3H3. The number of anilines is 2. The van der Waals surface area contributed by atoms with Crippen LogP contribution >= 0.6 is 45.9 Å². The van der Waals surface area contributed by atoms with Gasteiger partial charge in [-0.15, -0.1) is 22.7 Å². The molecule has 4 nitrogen and oxygen atoms in total.